The van der Waals surface area contributed by atoms with E-state index in [1.807, 2.05) is 53.8 Å². The number of halogens is 5. The Bertz CT molecular complexity index is 491. The van der Waals surface area contributed by atoms with Crippen LogP contribution in [0.5, 0.6) is 0 Å². The highest BCUT2D eigenvalue weighted by Crippen LogP contribution is 2.19. The van der Waals surface area contributed by atoms with E-state index in [4.69, 9.17) is 46.4 Å². The average Bonchev–Trinajstić information content (AvgIpc) is 2.30. The van der Waals surface area contributed by atoms with Gasteiger partial charge in [-0.05, 0) is 42.8 Å². The number of rotatable bonds is 0. The lowest BCUT2D eigenvalue weighted by Crippen LogP contribution is -3.34. The smallest absolute Gasteiger partial charge is 0.0843 e. The second kappa shape index (κ2) is 7.81. The highest BCUT2D eigenvalue weighted by molar-refractivity contribution is 6.35. The molecule has 2 aromatic carbocycles. The van der Waals surface area contributed by atoms with Gasteiger partial charge in [-0.2, -0.15) is 0 Å². The number of aryl methyl sites for hydroxylation is 1. The molecule has 0 bridgehead atoms. The number of hydrogen-bond donors (Lipinski definition) is 0. The molecule has 0 atom stereocenters. The average molecular weight is 435 g/mol. The molecule has 0 aromatic heterocycles. The van der Waals surface area contributed by atoms with Gasteiger partial charge in [-0.1, -0.05) is 52.5 Å². The molecule has 2 rings (SSSR count). The van der Waals surface area contributed by atoms with Gasteiger partial charge >= 0.3 is 0 Å². The predicted octanol–water partition coefficient (Wildman–Crippen LogP) is 2.75. The van der Waals surface area contributed by atoms with Crippen LogP contribution in [0.3, 0.4) is 0 Å². The Hall–Kier alpha value is 0.330. The SMILES string of the molecule is Cc1ccc(Cl)cc1Cl.Clc1ccc([IH+])c(Cl)c1. The van der Waals surface area contributed by atoms with Crippen LogP contribution in [-0.2, 0) is 0 Å². The van der Waals surface area contributed by atoms with E-state index in [0.717, 1.165) is 19.2 Å². The molecule has 0 saturated heterocycles. The summed E-state index contributed by atoms with van der Waals surface area (Å²) in [5, 5.41) is 2.83. The summed E-state index contributed by atoms with van der Waals surface area (Å²) in [6.45, 7) is 1.94. The largest absolute Gasteiger partial charge is 0.298 e. The third-order valence-corrected chi connectivity index (χ3v) is 4.59. The zero-order valence-corrected chi connectivity index (χ0v) is 14.7. The van der Waals surface area contributed by atoms with E-state index < -0.39 is 0 Å². The van der Waals surface area contributed by atoms with Crippen molar-refractivity contribution in [1.82, 2.24) is 0 Å². The molecular formula is C13H10Cl4I+. The molecule has 0 fully saturated rings. The van der Waals surface area contributed by atoms with E-state index in [1.54, 1.807) is 12.1 Å². The monoisotopic (exact) mass is 433 g/mol. The first kappa shape index (κ1) is 16.4. The van der Waals surface area contributed by atoms with Gasteiger partial charge < -0.3 is 0 Å². The van der Waals surface area contributed by atoms with E-state index in [1.165, 1.54) is 0 Å². The Morgan fingerprint density at radius 1 is 0.778 bits per heavy atom. The van der Waals surface area contributed by atoms with Crippen molar-refractivity contribution < 1.29 is 22.6 Å². The zero-order chi connectivity index (χ0) is 13.7. The molecule has 0 aliphatic rings. The standard InChI is InChI=1S/C7H6Cl2.C6H4Cl2I/c1-5-2-3-6(8)4-7(5)9;7-4-1-2-6(9)5(8)3-4/h2-4H,1H3;1-3,9H/q;+1. The van der Waals surface area contributed by atoms with Gasteiger partial charge in [-0.15, -0.1) is 0 Å². The highest BCUT2D eigenvalue weighted by Gasteiger charge is 2.02. The quantitative estimate of drug-likeness (QED) is 0.442. The Kier molecular flexibility index (Phi) is 7.11. The van der Waals surface area contributed by atoms with Crippen LogP contribution in [0.4, 0.5) is 0 Å². The van der Waals surface area contributed by atoms with Crippen LogP contribution < -0.4 is 22.6 Å². The minimum absolute atomic E-state index is 0.686. The van der Waals surface area contributed by atoms with Crippen LogP contribution >= 0.6 is 46.4 Å². The van der Waals surface area contributed by atoms with E-state index in [2.05, 4.69) is 0 Å². The summed E-state index contributed by atoms with van der Waals surface area (Å²) in [6, 6.07) is 10.9. The summed E-state index contributed by atoms with van der Waals surface area (Å²) in [7, 11) is 0. The summed E-state index contributed by atoms with van der Waals surface area (Å²) < 4.78 is 1.07. The number of hydrogen-bond acceptors (Lipinski definition) is 0. The van der Waals surface area contributed by atoms with Gasteiger partial charge in [0.05, 0.1) is 5.02 Å². The zero-order valence-electron chi connectivity index (χ0n) is 9.38. The minimum atomic E-state index is 0.686. The van der Waals surface area contributed by atoms with Gasteiger partial charge in [0.25, 0.3) is 22.6 Å². The van der Waals surface area contributed by atoms with Crippen LogP contribution in [0.2, 0.25) is 20.1 Å². The van der Waals surface area contributed by atoms with Crippen molar-refractivity contribution in [3.8, 4) is 0 Å². The summed E-state index contributed by atoms with van der Waals surface area (Å²) >= 11 is 24.6. The van der Waals surface area contributed by atoms with Crippen molar-refractivity contribution >= 4 is 46.4 Å². The molecule has 0 N–H and O–H groups in total. The molecule has 96 valence electrons. The molecule has 0 nitrogen and oxygen atoms in total. The summed E-state index contributed by atoms with van der Waals surface area (Å²) in [6.07, 6.45) is 0. The molecule has 18 heavy (non-hydrogen) atoms. The number of benzene rings is 2. The maximum absolute atomic E-state index is 5.73. The second-order valence-electron chi connectivity index (χ2n) is 3.47. The molecule has 0 spiro atoms. The van der Waals surface area contributed by atoms with Crippen LogP contribution in [0.15, 0.2) is 36.4 Å². The summed E-state index contributed by atoms with van der Waals surface area (Å²) in [5.41, 5.74) is 1.06. The lowest BCUT2D eigenvalue weighted by Gasteiger charge is -1.94. The fourth-order valence-corrected chi connectivity index (χ4v) is 2.22. The van der Waals surface area contributed by atoms with E-state index in [9.17, 15) is 0 Å². The first-order chi connectivity index (χ1) is 8.40. The van der Waals surface area contributed by atoms with Crippen molar-refractivity contribution in [2.24, 2.45) is 0 Å². The lowest BCUT2D eigenvalue weighted by atomic mass is 10.2. The van der Waals surface area contributed by atoms with Gasteiger partial charge in [0, 0.05) is 15.1 Å². The van der Waals surface area contributed by atoms with Gasteiger partial charge in [0.2, 0.25) is 3.57 Å². The summed E-state index contributed by atoms with van der Waals surface area (Å²) in [4.78, 5) is 0. The van der Waals surface area contributed by atoms with Crippen LogP contribution in [-0.4, -0.2) is 0 Å². The van der Waals surface area contributed by atoms with Crippen molar-refractivity contribution in [2.45, 2.75) is 6.92 Å². The third kappa shape index (κ3) is 5.54. The molecule has 0 saturated carbocycles. The van der Waals surface area contributed by atoms with E-state index >= 15 is 0 Å². The van der Waals surface area contributed by atoms with Crippen LogP contribution in [0.1, 0.15) is 5.56 Å². The van der Waals surface area contributed by atoms with Crippen molar-refractivity contribution in [2.75, 3.05) is 0 Å². The fourth-order valence-electron chi connectivity index (χ4n) is 1.04. The maximum Gasteiger partial charge on any atom is 0.298 e. The Labute approximate surface area is 140 Å². The Morgan fingerprint density at radius 3 is 1.67 bits per heavy atom. The van der Waals surface area contributed by atoms with Gasteiger partial charge in [0.15, 0.2) is 0 Å². The molecular weight excluding hydrogens is 425 g/mol. The molecule has 0 radical (unpaired) electrons. The predicted molar refractivity (Wildman–Crippen MR) is 77.8 cm³/mol. The molecule has 5 heteroatoms. The molecule has 0 heterocycles. The first-order valence-electron chi connectivity index (χ1n) is 4.94. The molecule has 0 aliphatic heterocycles. The van der Waals surface area contributed by atoms with Gasteiger partial charge in [-0.3, -0.25) is 0 Å². The topological polar surface area (TPSA) is 0 Å². The molecule has 0 amide bonds. The Morgan fingerprint density at radius 2 is 1.28 bits per heavy atom. The normalized spacial score (nSPS) is 9.67. The summed E-state index contributed by atoms with van der Waals surface area (Å²) in [5.74, 6) is 0. The van der Waals surface area contributed by atoms with Crippen LogP contribution in [0.25, 0.3) is 0 Å². The molecule has 0 aliphatic carbocycles. The van der Waals surface area contributed by atoms with Crippen molar-refractivity contribution in [3.05, 3.63) is 65.6 Å². The van der Waals surface area contributed by atoms with Crippen LogP contribution in [0, 0.1) is 10.5 Å². The molecule has 2 aromatic rings. The second-order valence-corrected chi connectivity index (χ2v) is 6.41. The van der Waals surface area contributed by atoms with Gasteiger partial charge in [0.1, 0.15) is 0 Å². The van der Waals surface area contributed by atoms with E-state index in [-0.39, 0.29) is 0 Å². The van der Waals surface area contributed by atoms with Crippen molar-refractivity contribution in [1.29, 1.82) is 0 Å². The third-order valence-electron chi connectivity index (χ3n) is 2.03. The highest BCUT2D eigenvalue weighted by atomic mass is 127. The fraction of sp³-hybridized carbons (Fsp3) is 0.0769. The molecule has 0 unspecified atom stereocenters. The maximum atomic E-state index is 5.73. The van der Waals surface area contributed by atoms with Gasteiger partial charge in [-0.25, -0.2) is 0 Å². The minimum Gasteiger partial charge on any atom is -0.0843 e. The van der Waals surface area contributed by atoms with Crippen molar-refractivity contribution in [3.63, 3.8) is 0 Å². The first-order valence-corrected chi connectivity index (χ1v) is 7.61. The lowest BCUT2D eigenvalue weighted by molar-refractivity contribution is -0.328. The van der Waals surface area contributed by atoms with E-state index in [0.29, 0.717) is 10.0 Å². The Balaban J connectivity index is 0.000000180.